The van der Waals surface area contributed by atoms with E-state index in [0.29, 0.717) is 5.56 Å². The molecule has 0 amide bonds. The van der Waals surface area contributed by atoms with Crippen molar-refractivity contribution in [3.05, 3.63) is 57.6 Å². The highest BCUT2D eigenvalue weighted by Gasteiger charge is 2.24. The molecular formula is C21H21BrO8S. The molecule has 166 valence electrons. The molecule has 0 heterocycles. The molecule has 2 aromatic rings. The number of methoxy groups -OCH3 is 2. The minimum atomic E-state index is -4.14. The lowest BCUT2D eigenvalue weighted by Crippen LogP contribution is -2.15. The summed E-state index contributed by atoms with van der Waals surface area (Å²) in [6.45, 7) is 3.76. The zero-order valence-electron chi connectivity index (χ0n) is 17.3. The Morgan fingerprint density at radius 1 is 1.03 bits per heavy atom. The van der Waals surface area contributed by atoms with Gasteiger partial charge in [-0.05, 0) is 65.7 Å². The topological polar surface area (TPSA) is 105 Å². The maximum absolute atomic E-state index is 12.7. The first-order valence-corrected chi connectivity index (χ1v) is 11.2. The lowest BCUT2D eigenvalue weighted by molar-refractivity contribution is -0.143. The van der Waals surface area contributed by atoms with Gasteiger partial charge >= 0.3 is 22.1 Å². The first kappa shape index (κ1) is 24.4. The molecule has 2 aromatic carbocycles. The van der Waals surface area contributed by atoms with Gasteiger partial charge in [-0.2, -0.15) is 8.42 Å². The van der Waals surface area contributed by atoms with E-state index in [-0.39, 0.29) is 33.0 Å². The third-order valence-corrected chi connectivity index (χ3v) is 5.78. The quantitative estimate of drug-likeness (QED) is 0.173. The monoisotopic (exact) mass is 512 g/mol. The molecule has 0 aromatic heterocycles. The Balaban J connectivity index is 2.53. The van der Waals surface area contributed by atoms with Crippen molar-refractivity contribution in [1.82, 2.24) is 0 Å². The van der Waals surface area contributed by atoms with Crippen molar-refractivity contribution in [3.63, 3.8) is 0 Å². The predicted octanol–water partition coefficient (Wildman–Crippen LogP) is 3.65. The molecule has 0 fully saturated rings. The van der Waals surface area contributed by atoms with Crippen LogP contribution < -0.4 is 8.92 Å². The zero-order chi connectivity index (χ0) is 23.2. The van der Waals surface area contributed by atoms with Crippen LogP contribution in [0.2, 0.25) is 0 Å². The Labute approximate surface area is 189 Å². The van der Waals surface area contributed by atoms with Gasteiger partial charge in [-0.3, -0.25) is 0 Å². The largest absolute Gasteiger partial charge is 0.490 e. The van der Waals surface area contributed by atoms with Gasteiger partial charge in [0.15, 0.2) is 11.5 Å². The van der Waals surface area contributed by atoms with E-state index in [2.05, 4.69) is 25.4 Å². The third-order valence-electron chi connectivity index (χ3n) is 3.96. The second kappa shape index (κ2) is 10.5. The van der Waals surface area contributed by atoms with Gasteiger partial charge < -0.3 is 18.4 Å². The number of hydrogen-bond acceptors (Lipinski definition) is 8. The summed E-state index contributed by atoms with van der Waals surface area (Å²) in [5.41, 5.74) is 0.903. The number of hydrogen-bond donors (Lipinski definition) is 0. The van der Waals surface area contributed by atoms with Gasteiger partial charge in [0.25, 0.3) is 0 Å². The molecule has 0 spiro atoms. The molecule has 0 aliphatic heterocycles. The minimum absolute atomic E-state index is 0.0184. The third kappa shape index (κ3) is 6.08. The van der Waals surface area contributed by atoms with E-state index in [1.807, 2.05) is 6.92 Å². The fraction of sp³-hybridized carbons (Fsp3) is 0.238. The van der Waals surface area contributed by atoms with Crippen molar-refractivity contribution < 1.29 is 36.4 Å². The number of carbonyl (C=O) groups is 2. The van der Waals surface area contributed by atoms with Crippen LogP contribution in [0.15, 0.2) is 51.3 Å². The number of carbonyl (C=O) groups excluding carboxylic acids is 2. The molecule has 0 bridgehead atoms. The molecule has 0 aliphatic rings. The second-order valence-corrected chi connectivity index (χ2v) is 8.56. The molecule has 2 rings (SSSR count). The minimum Gasteiger partial charge on any atom is -0.490 e. The summed E-state index contributed by atoms with van der Waals surface area (Å²) < 4.78 is 45.7. The molecule has 10 heteroatoms. The first-order chi connectivity index (χ1) is 14.6. The normalized spacial score (nSPS) is 10.7. The van der Waals surface area contributed by atoms with E-state index in [0.717, 1.165) is 19.8 Å². The van der Waals surface area contributed by atoms with Gasteiger partial charge in [0, 0.05) is 0 Å². The summed E-state index contributed by atoms with van der Waals surface area (Å²) in [7, 11) is -1.87. The fourth-order valence-electron chi connectivity index (χ4n) is 2.47. The summed E-state index contributed by atoms with van der Waals surface area (Å²) in [6.07, 6.45) is 1.24. The Hall–Kier alpha value is -2.85. The van der Waals surface area contributed by atoms with Crippen molar-refractivity contribution in [3.8, 4) is 11.5 Å². The van der Waals surface area contributed by atoms with Crippen LogP contribution in [0.5, 0.6) is 11.5 Å². The average Bonchev–Trinajstić information content (AvgIpc) is 2.73. The number of halogens is 1. The van der Waals surface area contributed by atoms with Gasteiger partial charge in [0.2, 0.25) is 0 Å². The summed E-state index contributed by atoms with van der Waals surface area (Å²) in [6, 6.07) is 9.09. The highest BCUT2D eigenvalue weighted by Crippen LogP contribution is 2.39. The van der Waals surface area contributed by atoms with E-state index in [9.17, 15) is 18.0 Å². The molecule has 0 radical (unpaired) electrons. The van der Waals surface area contributed by atoms with Gasteiger partial charge in [-0.15, -0.1) is 0 Å². The van der Waals surface area contributed by atoms with Crippen LogP contribution >= 0.6 is 15.9 Å². The molecule has 8 nitrogen and oxygen atoms in total. The number of esters is 2. The molecule has 0 aliphatic carbocycles. The highest BCUT2D eigenvalue weighted by atomic mass is 79.9. The van der Waals surface area contributed by atoms with Crippen molar-refractivity contribution in [2.45, 2.75) is 18.7 Å². The Kier molecular flexibility index (Phi) is 8.23. The van der Waals surface area contributed by atoms with E-state index in [4.69, 9.17) is 8.92 Å². The molecule has 0 saturated heterocycles. The summed E-state index contributed by atoms with van der Waals surface area (Å²) in [5, 5.41) is 0. The molecule has 0 atom stereocenters. The van der Waals surface area contributed by atoms with E-state index in [1.54, 1.807) is 19.1 Å². The SMILES string of the molecule is CCOc1cc(C=C(C(=O)OC)C(=O)OC)cc(Br)c1OS(=O)(=O)c1ccc(C)cc1. The maximum atomic E-state index is 12.7. The van der Waals surface area contributed by atoms with Crippen molar-refractivity contribution in [1.29, 1.82) is 0 Å². The van der Waals surface area contributed by atoms with Crippen LogP contribution in [0.3, 0.4) is 0 Å². The van der Waals surface area contributed by atoms with Crippen LogP contribution in [0.1, 0.15) is 18.1 Å². The van der Waals surface area contributed by atoms with E-state index in [1.165, 1.54) is 30.3 Å². The first-order valence-electron chi connectivity index (χ1n) is 8.98. The summed E-state index contributed by atoms with van der Waals surface area (Å²) >= 11 is 3.27. The summed E-state index contributed by atoms with van der Waals surface area (Å²) in [5.74, 6) is -1.75. The average molecular weight is 513 g/mol. The molecule has 0 unspecified atom stereocenters. The zero-order valence-corrected chi connectivity index (χ0v) is 19.7. The van der Waals surface area contributed by atoms with Gasteiger partial charge in [-0.25, -0.2) is 9.59 Å². The van der Waals surface area contributed by atoms with E-state index >= 15 is 0 Å². The van der Waals surface area contributed by atoms with Crippen LogP contribution in [0.25, 0.3) is 6.08 Å². The van der Waals surface area contributed by atoms with Crippen molar-refractivity contribution in [2.75, 3.05) is 20.8 Å². The van der Waals surface area contributed by atoms with Crippen LogP contribution in [-0.2, 0) is 29.2 Å². The maximum Gasteiger partial charge on any atom is 0.345 e. The van der Waals surface area contributed by atoms with Gasteiger partial charge in [0.1, 0.15) is 10.5 Å². The molecule has 31 heavy (non-hydrogen) atoms. The standard InChI is InChI=1S/C21H21BrO8S/c1-5-29-18-12-14(10-16(20(23)27-3)21(24)28-4)11-17(22)19(18)30-31(25,26)15-8-6-13(2)7-9-15/h6-12H,5H2,1-4H3. The summed E-state index contributed by atoms with van der Waals surface area (Å²) in [4.78, 5) is 23.8. The Morgan fingerprint density at radius 3 is 2.13 bits per heavy atom. The Morgan fingerprint density at radius 2 is 1.61 bits per heavy atom. The Bertz CT molecular complexity index is 1090. The smallest absolute Gasteiger partial charge is 0.345 e. The predicted molar refractivity (Wildman–Crippen MR) is 116 cm³/mol. The second-order valence-electron chi connectivity index (χ2n) is 6.15. The molecular weight excluding hydrogens is 492 g/mol. The highest BCUT2D eigenvalue weighted by molar-refractivity contribution is 9.10. The lowest BCUT2D eigenvalue weighted by Gasteiger charge is -2.15. The van der Waals surface area contributed by atoms with Crippen LogP contribution in [0.4, 0.5) is 0 Å². The number of benzene rings is 2. The van der Waals surface area contributed by atoms with Crippen LogP contribution in [0, 0.1) is 6.92 Å². The molecule has 0 saturated carbocycles. The van der Waals surface area contributed by atoms with Gasteiger partial charge in [-0.1, -0.05) is 17.7 Å². The van der Waals surface area contributed by atoms with Crippen LogP contribution in [-0.4, -0.2) is 41.2 Å². The number of aryl methyl sites for hydroxylation is 1. The fourth-order valence-corrected chi connectivity index (χ4v) is 4.07. The lowest BCUT2D eigenvalue weighted by atomic mass is 10.1. The van der Waals surface area contributed by atoms with E-state index < -0.39 is 22.1 Å². The van der Waals surface area contributed by atoms with Gasteiger partial charge in [0.05, 0.1) is 25.3 Å². The number of ether oxygens (including phenoxy) is 3. The van der Waals surface area contributed by atoms with Crippen molar-refractivity contribution >= 4 is 44.1 Å². The molecule has 0 N–H and O–H groups in total. The van der Waals surface area contributed by atoms with Crippen molar-refractivity contribution in [2.24, 2.45) is 0 Å². The number of rotatable bonds is 8.